The SMILES string of the molecule is Cc1ccccc1/C=C1\SC(=S)N([C@@H](CC(=O)O)C(=O)O)C1=O. The summed E-state index contributed by atoms with van der Waals surface area (Å²) in [5.74, 6) is -3.30. The molecule has 1 aromatic rings. The van der Waals surface area contributed by atoms with E-state index in [1.54, 1.807) is 6.08 Å². The predicted octanol–water partition coefficient (Wildman–Crippen LogP) is 2.12. The Bertz CT molecular complexity index is 728. The summed E-state index contributed by atoms with van der Waals surface area (Å²) < 4.78 is 0.0449. The van der Waals surface area contributed by atoms with Gasteiger partial charge in [0.1, 0.15) is 10.4 Å². The highest BCUT2D eigenvalue weighted by atomic mass is 32.2. The molecule has 1 saturated heterocycles. The Labute approximate surface area is 141 Å². The number of carbonyl (C=O) groups excluding carboxylic acids is 1. The van der Waals surface area contributed by atoms with Gasteiger partial charge in [-0.3, -0.25) is 14.5 Å². The van der Waals surface area contributed by atoms with Crippen LogP contribution in [0.5, 0.6) is 0 Å². The lowest BCUT2D eigenvalue weighted by molar-refractivity contribution is -0.150. The van der Waals surface area contributed by atoms with Crippen molar-refractivity contribution in [3.8, 4) is 0 Å². The van der Waals surface area contributed by atoms with E-state index in [9.17, 15) is 19.5 Å². The molecule has 0 saturated carbocycles. The zero-order chi connectivity index (χ0) is 17.1. The Morgan fingerprint density at radius 1 is 1.35 bits per heavy atom. The topological polar surface area (TPSA) is 94.9 Å². The number of aryl methyl sites for hydroxylation is 1. The highest BCUT2D eigenvalue weighted by molar-refractivity contribution is 8.26. The number of amides is 1. The molecule has 120 valence electrons. The zero-order valence-electron chi connectivity index (χ0n) is 12.1. The summed E-state index contributed by atoms with van der Waals surface area (Å²) in [6.45, 7) is 1.89. The molecule has 2 N–H and O–H groups in total. The van der Waals surface area contributed by atoms with Gasteiger partial charge in [-0.05, 0) is 24.1 Å². The number of aliphatic carboxylic acids is 2. The van der Waals surface area contributed by atoms with Gasteiger partial charge in [0, 0.05) is 0 Å². The summed E-state index contributed by atoms with van der Waals surface area (Å²) in [4.78, 5) is 35.7. The van der Waals surface area contributed by atoms with Crippen molar-refractivity contribution < 1.29 is 24.6 Å². The molecule has 1 aromatic carbocycles. The summed E-state index contributed by atoms with van der Waals surface area (Å²) in [7, 11) is 0. The fraction of sp³-hybridized carbons (Fsp3) is 0.200. The van der Waals surface area contributed by atoms with Gasteiger partial charge in [-0.1, -0.05) is 48.2 Å². The number of hydrogen-bond donors (Lipinski definition) is 2. The van der Waals surface area contributed by atoms with Crippen LogP contribution in [0.15, 0.2) is 29.2 Å². The van der Waals surface area contributed by atoms with E-state index in [1.165, 1.54) is 0 Å². The second-order valence-corrected chi connectivity index (χ2v) is 6.54. The molecule has 1 heterocycles. The van der Waals surface area contributed by atoms with Crippen molar-refractivity contribution in [3.05, 3.63) is 40.3 Å². The van der Waals surface area contributed by atoms with Crippen molar-refractivity contribution in [2.45, 2.75) is 19.4 Å². The molecular weight excluding hydrogens is 338 g/mol. The molecule has 23 heavy (non-hydrogen) atoms. The third-order valence-corrected chi connectivity index (χ3v) is 4.59. The molecule has 1 aliphatic heterocycles. The third-order valence-electron chi connectivity index (χ3n) is 3.26. The molecule has 0 radical (unpaired) electrons. The number of carboxylic acids is 2. The van der Waals surface area contributed by atoms with Gasteiger partial charge in [-0.25, -0.2) is 4.79 Å². The van der Waals surface area contributed by atoms with Crippen LogP contribution in [0.1, 0.15) is 17.5 Å². The Morgan fingerprint density at radius 3 is 2.57 bits per heavy atom. The lowest BCUT2D eigenvalue weighted by Gasteiger charge is -2.21. The van der Waals surface area contributed by atoms with E-state index in [2.05, 4.69) is 0 Å². The normalized spacial score (nSPS) is 17.6. The van der Waals surface area contributed by atoms with E-state index in [4.69, 9.17) is 17.3 Å². The Morgan fingerprint density at radius 2 is 2.00 bits per heavy atom. The number of benzene rings is 1. The number of nitrogens with zero attached hydrogens (tertiary/aromatic N) is 1. The van der Waals surface area contributed by atoms with Crippen LogP contribution in [0.2, 0.25) is 0 Å². The first-order valence-corrected chi connectivity index (χ1v) is 7.81. The number of thiocarbonyl (C=S) groups is 1. The van der Waals surface area contributed by atoms with Gasteiger partial charge in [0.25, 0.3) is 5.91 Å². The van der Waals surface area contributed by atoms with Crippen molar-refractivity contribution in [2.24, 2.45) is 0 Å². The smallest absolute Gasteiger partial charge is 0.327 e. The van der Waals surface area contributed by atoms with Gasteiger partial charge in [0.05, 0.1) is 11.3 Å². The monoisotopic (exact) mass is 351 g/mol. The van der Waals surface area contributed by atoms with E-state index >= 15 is 0 Å². The van der Waals surface area contributed by atoms with Gasteiger partial charge in [-0.15, -0.1) is 0 Å². The second-order valence-electron chi connectivity index (χ2n) is 4.86. The standard InChI is InChI=1S/C15H13NO5S2/c1-8-4-2-3-5-9(8)6-11-13(19)16(15(22)23-11)10(14(20)21)7-12(17)18/h2-6,10H,7H2,1H3,(H,17,18)(H,20,21)/b11-6-/t10-/m0/s1. The molecular formula is C15H13NO5S2. The van der Waals surface area contributed by atoms with Crippen LogP contribution in [0, 0.1) is 6.92 Å². The van der Waals surface area contributed by atoms with Gasteiger partial charge in [0.15, 0.2) is 0 Å². The number of thioether (sulfide) groups is 1. The minimum absolute atomic E-state index is 0.0449. The molecule has 8 heteroatoms. The predicted molar refractivity (Wildman–Crippen MR) is 89.9 cm³/mol. The van der Waals surface area contributed by atoms with Gasteiger partial charge in [0.2, 0.25) is 0 Å². The zero-order valence-corrected chi connectivity index (χ0v) is 13.7. The minimum atomic E-state index is -1.51. The summed E-state index contributed by atoms with van der Waals surface area (Å²) in [5, 5.41) is 18.0. The molecule has 1 fully saturated rings. The molecule has 1 atom stereocenters. The molecule has 6 nitrogen and oxygen atoms in total. The number of rotatable bonds is 5. The molecule has 1 aliphatic rings. The van der Waals surface area contributed by atoms with E-state index in [0.717, 1.165) is 27.8 Å². The quantitative estimate of drug-likeness (QED) is 0.620. The van der Waals surface area contributed by atoms with Crippen molar-refractivity contribution >= 4 is 52.2 Å². The molecule has 0 unspecified atom stereocenters. The first-order chi connectivity index (χ1) is 10.8. The maximum atomic E-state index is 12.5. The first-order valence-electron chi connectivity index (χ1n) is 6.58. The van der Waals surface area contributed by atoms with E-state index in [-0.39, 0.29) is 9.23 Å². The second kappa shape index (κ2) is 6.93. The van der Waals surface area contributed by atoms with Crippen molar-refractivity contribution in [2.75, 3.05) is 0 Å². The summed E-state index contributed by atoms with van der Waals surface area (Å²) in [6.07, 6.45) is 0.924. The molecule has 0 aromatic heterocycles. The van der Waals surface area contributed by atoms with Crippen molar-refractivity contribution in [1.29, 1.82) is 0 Å². The van der Waals surface area contributed by atoms with Crippen molar-refractivity contribution in [3.63, 3.8) is 0 Å². The van der Waals surface area contributed by atoms with Gasteiger partial charge < -0.3 is 10.2 Å². The van der Waals surface area contributed by atoms with Crippen LogP contribution >= 0.6 is 24.0 Å². The fourth-order valence-electron chi connectivity index (χ4n) is 2.09. The maximum absolute atomic E-state index is 12.5. The Hall–Kier alpha value is -2.19. The van der Waals surface area contributed by atoms with Crippen molar-refractivity contribution in [1.82, 2.24) is 4.90 Å². The average molecular weight is 351 g/mol. The van der Waals surface area contributed by atoms with Crippen LogP contribution in [-0.2, 0) is 14.4 Å². The van der Waals surface area contributed by atoms with Crippen LogP contribution in [-0.4, -0.2) is 43.3 Å². The third kappa shape index (κ3) is 3.77. The number of carbonyl (C=O) groups is 3. The maximum Gasteiger partial charge on any atom is 0.327 e. The van der Waals surface area contributed by atoms with Gasteiger partial charge >= 0.3 is 11.9 Å². The largest absolute Gasteiger partial charge is 0.481 e. The average Bonchev–Trinajstić information content (AvgIpc) is 2.73. The van der Waals surface area contributed by atoms with Crippen LogP contribution in [0.3, 0.4) is 0 Å². The van der Waals surface area contributed by atoms with E-state index in [1.807, 2.05) is 31.2 Å². The lowest BCUT2D eigenvalue weighted by atomic mass is 10.1. The van der Waals surface area contributed by atoms with E-state index < -0.39 is 30.3 Å². The Kier molecular flexibility index (Phi) is 5.17. The molecule has 0 spiro atoms. The summed E-state index contributed by atoms with van der Waals surface area (Å²) >= 11 is 6.03. The van der Waals surface area contributed by atoms with Crippen LogP contribution < -0.4 is 0 Å². The molecule has 0 aliphatic carbocycles. The van der Waals surface area contributed by atoms with E-state index in [0.29, 0.717) is 0 Å². The lowest BCUT2D eigenvalue weighted by Crippen LogP contribution is -2.45. The van der Waals surface area contributed by atoms with Crippen LogP contribution in [0.25, 0.3) is 6.08 Å². The number of carboxylic acid groups (broad SMARTS) is 2. The van der Waals surface area contributed by atoms with Crippen LogP contribution in [0.4, 0.5) is 0 Å². The molecule has 1 amide bonds. The summed E-state index contributed by atoms with van der Waals surface area (Å²) in [5.41, 5.74) is 1.77. The highest BCUT2D eigenvalue weighted by Crippen LogP contribution is 2.35. The summed E-state index contributed by atoms with van der Waals surface area (Å²) in [6, 6.07) is 5.89. The molecule has 0 bridgehead atoms. The van der Waals surface area contributed by atoms with Gasteiger partial charge in [-0.2, -0.15) is 0 Å². The molecule has 2 rings (SSSR count). The Balaban J connectivity index is 2.34. The number of hydrogen-bond acceptors (Lipinski definition) is 5. The minimum Gasteiger partial charge on any atom is -0.481 e. The highest BCUT2D eigenvalue weighted by Gasteiger charge is 2.41. The fourth-order valence-corrected chi connectivity index (χ4v) is 3.44. The first kappa shape index (κ1) is 17.2.